The Morgan fingerprint density at radius 1 is 1.43 bits per heavy atom. The van der Waals surface area contributed by atoms with Crippen LogP contribution in [0.5, 0.6) is 5.75 Å². The van der Waals surface area contributed by atoms with Crippen molar-refractivity contribution in [2.45, 2.75) is 25.6 Å². The molecule has 0 saturated carbocycles. The van der Waals surface area contributed by atoms with E-state index in [0.717, 1.165) is 25.1 Å². The molecule has 8 heteroatoms. The lowest BCUT2D eigenvalue weighted by atomic mass is 10.0. The zero-order valence-electron chi connectivity index (χ0n) is 11.3. The Morgan fingerprint density at radius 2 is 2.14 bits per heavy atom. The number of benzene rings is 1. The van der Waals surface area contributed by atoms with Crippen LogP contribution in [0.2, 0.25) is 0 Å². The first-order chi connectivity index (χ1) is 9.77. The van der Waals surface area contributed by atoms with Gasteiger partial charge in [0.15, 0.2) is 0 Å². The van der Waals surface area contributed by atoms with Crippen molar-refractivity contribution in [1.29, 1.82) is 0 Å². The van der Waals surface area contributed by atoms with E-state index in [2.05, 4.69) is 5.32 Å². The fourth-order valence-electron chi connectivity index (χ4n) is 2.28. The Bertz CT molecular complexity index is 534. The van der Waals surface area contributed by atoms with Crippen LogP contribution in [0.1, 0.15) is 18.9 Å². The zero-order valence-corrected chi connectivity index (χ0v) is 11.3. The third-order valence-corrected chi connectivity index (χ3v) is 3.58. The highest BCUT2D eigenvalue weighted by molar-refractivity contribution is 5.43. The van der Waals surface area contributed by atoms with Gasteiger partial charge in [0.25, 0.3) is 5.69 Å². The van der Waals surface area contributed by atoms with E-state index >= 15 is 0 Å². The van der Waals surface area contributed by atoms with E-state index in [-0.39, 0.29) is 24.3 Å². The Kier molecular flexibility index (Phi) is 4.36. The quantitative estimate of drug-likeness (QED) is 0.686. The fourth-order valence-corrected chi connectivity index (χ4v) is 2.28. The molecule has 0 aromatic heterocycles. The lowest BCUT2D eigenvalue weighted by Crippen LogP contribution is -2.26. The van der Waals surface area contributed by atoms with Crippen LogP contribution in [0.25, 0.3) is 0 Å². The van der Waals surface area contributed by atoms with Gasteiger partial charge in [-0.25, -0.2) is 0 Å². The molecule has 1 aliphatic rings. The van der Waals surface area contributed by atoms with E-state index in [9.17, 15) is 23.3 Å². The van der Waals surface area contributed by atoms with Crippen molar-refractivity contribution in [2.24, 2.45) is 5.92 Å². The van der Waals surface area contributed by atoms with Crippen LogP contribution >= 0.6 is 0 Å². The maximum absolute atomic E-state index is 12.7. The van der Waals surface area contributed by atoms with Crippen LogP contribution in [-0.2, 0) is 6.18 Å². The number of nitro groups is 1. The summed E-state index contributed by atoms with van der Waals surface area (Å²) in [7, 11) is 0. The summed E-state index contributed by atoms with van der Waals surface area (Å²) in [6.45, 7) is 3.03. The summed E-state index contributed by atoms with van der Waals surface area (Å²) in [5.41, 5.74) is -1.71. The van der Waals surface area contributed by atoms with Gasteiger partial charge in [-0.3, -0.25) is 10.1 Å². The second kappa shape index (κ2) is 5.88. The molecule has 5 nitrogen and oxygen atoms in total. The summed E-state index contributed by atoms with van der Waals surface area (Å²) in [5.74, 6) is 0.0502. The zero-order chi connectivity index (χ0) is 15.6. The SMILES string of the molecule is CC1NCCC1COc1cc([N+](=O)[O-])cc(C(F)(F)F)c1. The van der Waals surface area contributed by atoms with Gasteiger partial charge in [-0.05, 0) is 26.0 Å². The van der Waals surface area contributed by atoms with E-state index < -0.39 is 22.4 Å². The molecular weight excluding hydrogens is 289 g/mol. The average molecular weight is 304 g/mol. The standard InChI is InChI=1S/C13H15F3N2O3/c1-8-9(2-3-17-8)7-21-12-5-10(13(14,15)16)4-11(6-12)18(19)20/h4-6,8-9,17H,2-3,7H2,1H3. The lowest BCUT2D eigenvalue weighted by Gasteiger charge is -2.16. The maximum Gasteiger partial charge on any atom is 0.416 e. The van der Waals surface area contributed by atoms with Gasteiger partial charge in [-0.2, -0.15) is 13.2 Å². The maximum atomic E-state index is 12.7. The third kappa shape index (κ3) is 3.84. The fraction of sp³-hybridized carbons (Fsp3) is 0.538. The Labute approximate surface area is 119 Å². The Balaban J connectivity index is 2.18. The first-order valence-corrected chi connectivity index (χ1v) is 6.50. The highest BCUT2D eigenvalue weighted by atomic mass is 19.4. The molecule has 1 aromatic carbocycles. The minimum Gasteiger partial charge on any atom is -0.493 e. The second-order valence-electron chi connectivity index (χ2n) is 5.07. The Hall–Kier alpha value is -1.83. The molecule has 1 aromatic rings. The molecule has 2 atom stereocenters. The number of nitrogens with zero attached hydrogens (tertiary/aromatic N) is 1. The van der Waals surface area contributed by atoms with Gasteiger partial charge < -0.3 is 10.1 Å². The molecule has 0 spiro atoms. The van der Waals surface area contributed by atoms with Gasteiger partial charge in [0.2, 0.25) is 0 Å². The van der Waals surface area contributed by atoms with Crippen LogP contribution in [0.15, 0.2) is 18.2 Å². The van der Waals surface area contributed by atoms with Gasteiger partial charge >= 0.3 is 6.18 Å². The van der Waals surface area contributed by atoms with Gasteiger partial charge in [0, 0.05) is 18.0 Å². The van der Waals surface area contributed by atoms with Gasteiger partial charge in [0.1, 0.15) is 5.75 Å². The number of nitrogens with one attached hydrogen (secondary N) is 1. The highest BCUT2D eigenvalue weighted by Gasteiger charge is 2.33. The molecule has 0 radical (unpaired) electrons. The van der Waals surface area contributed by atoms with Crippen LogP contribution < -0.4 is 10.1 Å². The molecule has 116 valence electrons. The van der Waals surface area contributed by atoms with Crippen molar-refractivity contribution in [3.05, 3.63) is 33.9 Å². The van der Waals surface area contributed by atoms with E-state index in [1.807, 2.05) is 6.92 Å². The first kappa shape index (κ1) is 15.6. The number of halogens is 3. The van der Waals surface area contributed by atoms with Crippen molar-refractivity contribution in [1.82, 2.24) is 5.32 Å². The summed E-state index contributed by atoms with van der Waals surface area (Å²) in [5, 5.41) is 13.9. The van der Waals surface area contributed by atoms with E-state index in [1.54, 1.807) is 0 Å². The van der Waals surface area contributed by atoms with E-state index in [1.165, 1.54) is 0 Å². The summed E-state index contributed by atoms with van der Waals surface area (Å²) < 4.78 is 43.5. The van der Waals surface area contributed by atoms with Gasteiger partial charge in [-0.1, -0.05) is 0 Å². The predicted octanol–water partition coefficient (Wildman–Crippen LogP) is 2.99. The molecule has 0 amide bonds. The molecule has 1 heterocycles. The normalized spacial score (nSPS) is 22.3. The molecule has 1 N–H and O–H groups in total. The third-order valence-electron chi connectivity index (χ3n) is 3.58. The molecule has 2 rings (SSSR count). The van der Waals surface area contributed by atoms with Gasteiger partial charge in [-0.15, -0.1) is 0 Å². The molecule has 0 aliphatic carbocycles. The minimum atomic E-state index is -4.65. The largest absolute Gasteiger partial charge is 0.493 e. The van der Waals surface area contributed by atoms with Gasteiger partial charge in [0.05, 0.1) is 23.2 Å². The number of rotatable bonds is 4. The monoisotopic (exact) mass is 304 g/mol. The number of nitro benzene ring substituents is 1. The summed E-state index contributed by atoms with van der Waals surface area (Å²) in [4.78, 5) is 9.86. The van der Waals surface area contributed by atoms with E-state index in [4.69, 9.17) is 4.74 Å². The molecule has 1 saturated heterocycles. The average Bonchev–Trinajstić information content (AvgIpc) is 2.80. The predicted molar refractivity (Wildman–Crippen MR) is 69.2 cm³/mol. The molecule has 21 heavy (non-hydrogen) atoms. The van der Waals surface area contributed by atoms with Crippen molar-refractivity contribution in [2.75, 3.05) is 13.2 Å². The van der Waals surface area contributed by atoms with Crippen LogP contribution in [0.4, 0.5) is 18.9 Å². The highest BCUT2D eigenvalue weighted by Crippen LogP contribution is 2.35. The van der Waals surface area contributed by atoms with Crippen molar-refractivity contribution < 1.29 is 22.8 Å². The second-order valence-corrected chi connectivity index (χ2v) is 5.07. The minimum absolute atomic E-state index is 0.129. The first-order valence-electron chi connectivity index (χ1n) is 6.50. The number of ether oxygens (including phenoxy) is 1. The number of non-ortho nitro benzene ring substituents is 1. The molecule has 0 bridgehead atoms. The summed E-state index contributed by atoms with van der Waals surface area (Å²) in [6.07, 6.45) is -3.78. The smallest absolute Gasteiger partial charge is 0.416 e. The van der Waals surface area contributed by atoms with Crippen LogP contribution in [-0.4, -0.2) is 24.1 Å². The molecule has 2 unspecified atom stereocenters. The number of alkyl halides is 3. The lowest BCUT2D eigenvalue weighted by molar-refractivity contribution is -0.385. The van der Waals surface area contributed by atoms with Crippen molar-refractivity contribution >= 4 is 5.69 Å². The summed E-state index contributed by atoms with van der Waals surface area (Å²) >= 11 is 0. The van der Waals surface area contributed by atoms with Crippen molar-refractivity contribution in [3.63, 3.8) is 0 Å². The van der Waals surface area contributed by atoms with Crippen LogP contribution in [0, 0.1) is 16.0 Å². The molecular formula is C13H15F3N2O3. The number of hydrogen-bond donors (Lipinski definition) is 1. The molecule has 1 aliphatic heterocycles. The van der Waals surface area contributed by atoms with Crippen molar-refractivity contribution in [3.8, 4) is 5.75 Å². The van der Waals surface area contributed by atoms with Crippen LogP contribution in [0.3, 0.4) is 0 Å². The van der Waals surface area contributed by atoms with E-state index in [0.29, 0.717) is 6.07 Å². The Morgan fingerprint density at radius 3 is 2.67 bits per heavy atom. The topological polar surface area (TPSA) is 64.4 Å². The summed E-state index contributed by atoms with van der Waals surface area (Å²) in [6, 6.07) is 2.53. The molecule has 1 fully saturated rings. The number of hydrogen-bond acceptors (Lipinski definition) is 4.